The van der Waals surface area contributed by atoms with Gasteiger partial charge in [-0.25, -0.2) is 9.78 Å². The van der Waals surface area contributed by atoms with Gasteiger partial charge in [0.1, 0.15) is 102 Å². The van der Waals surface area contributed by atoms with Crippen molar-refractivity contribution in [3.05, 3.63) is 108 Å². The highest BCUT2D eigenvalue weighted by Gasteiger charge is 2.40. The number of hydrogen-bond donors (Lipinski definition) is 27. The number of phenolic OH excluding ortho intramolecular Hbond substituents is 3. The third kappa shape index (κ3) is 45.8. The van der Waals surface area contributed by atoms with E-state index in [0.717, 1.165) is 0 Å². The van der Waals surface area contributed by atoms with Crippen LogP contribution in [0.3, 0.4) is 0 Å². The van der Waals surface area contributed by atoms with Crippen LogP contribution in [0.25, 0.3) is 0 Å². The van der Waals surface area contributed by atoms with Crippen molar-refractivity contribution in [1.29, 1.82) is 0 Å². The Balaban J connectivity index is 1.62. The van der Waals surface area contributed by atoms with Gasteiger partial charge in [0.05, 0.1) is 31.0 Å². The highest BCUT2D eigenvalue weighted by atomic mass is 32.2. The molecule has 0 spiro atoms. The number of carbonyl (C=O) groups is 18. The largest absolute Gasteiger partial charge is 0.508 e. The number of nitrogens with one attached hydrogen (secondary N) is 16. The molecule has 46 nitrogen and oxygen atoms in total. The molecule has 33 N–H and O–H groups in total. The Hall–Kier alpha value is -13.1. The van der Waals surface area contributed by atoms with Crippen LogP contribution in [-0.4, -0.2) is 277 Å². The number of imidazole rings is 1. The summed E-state index contributed by atoms with van der Waals surface area (Å²) in [6.45, 7) is 11.8. The second-order valence-corrected chi connectivity index (χ2v) is 36.7. The smallest absolute Gasteiger partial charge is 0.326 e. The molecule has 0 aliphatic rings. The van der Waals surface area contributed by atoms with Gasteiger partial charge in [0, 0.05) is 31.9 Å². The standard InChI is InChI=1S/C94H147N23O23S/c1-9-54(6)79(117-92(137)74(47-59-49-101-51-103-59)114-82(127)64(18-10-14-37-95)105-77(122)50-102-81(126)63(99)44-56-22-28-60(118)29-23-56)93(138)115-70(42-52(2)3)88(133)104-55(7)80(125)106-65(19-11-15-38-96)83(128)111-71(43-53(4)5)89(134)109-68(34-35-78(123)124)86(131)107-66(20-12-16-39-97)84(129)112-73(46-58-26-32-62(120)33-27-58)91(136)113-72(45-57-24-30-61(119)31-25-57)90(135)110-69(36-41-141-8)87(132)108-67(21-13-17-40-98)85(130)116-75(94(139)140)48-76(100)121/h22-33,49,51-55,63-75,79,118-120H,9-21,34-48,50,95-99H2,1-8H3,(H2,100,121)(H,101,103)(H,102,126)(H,104,133)(H,105,122)(H,106,125)(H,107,131)(H,108,132)(H,109,134)(H,110,135)(H,111,128)(H,112,129)(H,113,136)(H,114,127)(H,115,138)(H,116,130)(H,117,137)(H,123,124)(H,139,140)/t54-,55-,63-,64-,65-,66-,67-,68-,69-,70-,71-,72-,73-,74-,75-,79-/m0/s1. The average Bonchev–Trinajstić information content (AvgIpc) is 1.47. The van der Waals surface area contributed by atoms with Gasteiger partial charge in [0.2, 0.25) is 94.5 Å². The van der Waals surface area contributed by atoms with E-state index < -0.39 is 235 Å². The third-order valence-electron chi connectivity index (χ3n) is 22.9. The highest BCUT2D eigenvalue weighted by Crippen LogP contribution is 2.21. The predicted molar refractivity (Wildman–Crippen MR) is 523 cm³/mol. The summed E-state index contributed by atoms with van der Waals surface area (Å²) >= 11 is 1.28. The topological polar surface area (TPSA) is 774 Å². The molecule has 16 amide bonds. The Labute approximate surface area is 824 Å². The Morgan fingerprint density at radius 2 is 0.716 bits per heavy atom. The summed E-state index contributed by atoms with van der Waals surface area (Å²) in [4.78, 5) is 260. The second-order valence-electron chi connectivity index (χ2n) is 35.7. The van der Waals surface area contributed by atoms with E-state index in [0.29, 0.717) is 54.5 Å². The predicted octanol–water partition coefficient (Wildman–Crippen LogP) is -2.72. The van der Waals surface area contributed by atoms with Crippen LogP contribution in [0.5, 0.6) is 17.2 Å². The monoisotopic (exact) mass is 2000 g/mol. The van der Waals surface area contributed by atoms with Gasteiger partial charge in [0.25, 0.3) is 0 Å². The van der Waals surface area contributed by atoms with Crippen molar-refractivity contribution < 1.29 is 112 Å². The Kier molecular flexibility index (Phi) is 54.8. The molecular weight excluding hydrogens is 1850 g/mol. The lowest BCUT2D eigenvalue weighted by atomic mass is 9.96. The number of benzene rings is 3. The van der Waals surface area contributed by atoms with Crippen molar-refractivity contribution in [3.63, 3.8) is 0 Å². The molecule has 0 radical (unpaired) electrons. The number of carboxylic acid groups (broad SMARTS) is 2. The molecule has 47 heteroatoms. The maximum absolute atomic E-state index is 15.2. The molecule has 4 aromatic rings. The number of aromatic amines is 1. The number of thioether (sulfide) groups is 1. The van der Waals surface area contributed by atoms with Gasteiger partial charge in [0.15, 0.2) is 0 Å². The van der Waals surface area contributed by atoms with Crippen molar-refractivity contribution in [2.75, 3.05) is 44.7 Å². The zero-order chi connectivity index (χ0) is 105. The van der Waals surface area contributed by atoms with Crippen molar-refractivity contribution in [2.45, 2.75) is 287 Å². The Morgan fingerprint density at radius 1 is 0.383 bits per heavy atom. The van der Waals surface area contributed by atoms with Crippen LogP contribution < -0.4 is 114 Å². The van der Waals surface area contributed by atoms with E-state index >= 15 is 9.59 Å². The first-order valence-corrected chi connectivity index (χ1v) is 48.9. The lowest BCUT2D eigenvalue weighted by Gasteiger charge is -2.30. The molecule has 141 heavy (non-hydrogen) atoms. The number of nitrogens with two attached hydrogens (primary N) is 6. The summed E-state index contributed by atoms with van der Waals surface area (Å²) in [5, 5.41) is 89.3. The second kappa shape index (κ2) is 64.3. The quantitative estimate of drug-likeness (QED) is 0.0200. The summed E-state index contributed by atoms with van der Waals surface area (Å²) in [6, 6.07) is -5.28. The molecule has 0 bridgehead atoms. The lowest BCUT2D eigenvalue weighted by Crippen LogP contribution is -2.61. The van der Waals surface area contributed by atoms with Crippen LogP contribution in [0.4, 0.5) is 0 Å². The van der Waals surface area contributed by atoms with Crippen LogP contribution in [0, 0.1) is 17.8 Å². The Bertz CT molecular complexity index is 4690. The van der Waals surface area contributed by atoms with E-state index in [1.807, 2.05) is 0 Å². The van der Waals surface area contributed by atoms with Gasteiger partial charge >= 0.3 is 11.9 Å². The minimum absolute atomic E-state index is 0.0155. The minimum Gasteiger partial charge on any atom is -0.508 e. The SMILES string of the molecule is CC[C@H](C)[C@H](NC(=O)[C@H](Cc1c[nH]cn1)NC(=O)[C@H](CCCCN)NC(=O)CNC(=O)[C@@H](N)Cc1ccc(O)cc1)C(=O)N[C@@H](CC(C)C)C(=O)N[C@@H](C)C(=O)N[C@@H](CCCCN)C(=O)N[C@@H](CC(C)C)C(=O)N[C@@H](CCC(=O)O)C(=O)N[C@@H](CCCCN)C(=O)N[C@@H](Cc1ccc(O)cc1)C(=O)N[C@@H](Cc1ccc(O)cc1)C(=O)N[C@@H](CCSC)C(=O)N[C@@H](CCCCN)C(=O)N[C@@H](CC(N)=O)C(=O)O. The molecule has 0 saturated carbocycles. The van der Waals surface area contributed by atoms with Gasteiger partial charge in [-0.15, -0.1) is 0 Å². The number of H-pyrrole nitrogens is 1. The normalized spacial score (nSPS) is 14.6. The summed E-state index contributed by atoms with van der Waals surface area (Å²) in [5.41, 5.74) is 36.3. The molecule has 782 valence electrons. The molecule has 0 saturated heterocycles. The molecule has 16 atom stereocenters. The fourth-order valence-corrected chi connectivity index (χ4v) is 15.2. The molecule has 1 aromatic heterocycles. The van der Waals surface area contributed by atoms with Crippen molar-refractivity contribution in [3.8, 4) is 17.2 Å². The fraction of sp³-hybridized carbons (Fsp3) is 0.585. The fourth-order valence-electron chi connectivity index (χ4n) is 14.7. The summed E-state index contributed by atoms with van der Waals surface area (Å²) in [7, 11) is 0. The minimum atomic E-state index is -1.77. The Morgan fingerprint density at radius 3 is 1.09 bits per heavy atom. The molecule has 3 aromatic carbocycles. The van der Waals surface area contributed by atoms with E-state index in [4.69, 9.17) is 34.4 Å². The molecular formula is C94H147N23O23S. The van der Waals surface area contributed by atoms with Gasteiger partial charge in [-0.05, 0) is 225 Å². The number of aromatic hydroxyl groups is 3. The first-order chi connectivity index (χ1) is 66.9. The molecule has 4 rings (SSSR count). The van der Waals surface area contributed by atoms with Gasteiger partial charge in [-0.1, -0.05) is 84.4 Å². The first-order valence-electron chi connectivity index (χ1n) is 47.5. The van der Waals surface area contributed by atoms with Crippen LogP contribution >= 0.6 is 11.8 Å². The number of carboxylic acids is 2. The number of aliphatic carboxylic acids is 2. The number of unbranched alkanes of at least 4 members (excludes halogenated alkanes) is 4. The lowest BCUT2D eigenvalue weighted by molar-refractivity contribution is -0.144. The van der Waals surface area contributed by atoms with Gasteiger partial charge < -0.3 is 145 Å². The summed E-state index contributed by atoms with van der Waals surface area (Å²) in [5.74, 6) is -19.2. The molecule has 1 heterocycles. The summed E-state index contributed by atoms with van der Waals surface area (Å²) < 4.78 is 0. The molecule has 0 unspecified atom stereocenters. The molecule has 0 aliphatic heterocycles. The molecule has 0 aliphatic carbocycles. The van der Waals surface area contributed by atoms with Crippen LogP contribution in [0.2, 0.25) is 0 Å². The van der Waals surface area contributed by atoms with E-state index in [-0.39, 0.29) is 151 Å². The van der Waals surface area contributed by atoms with Crippen molar-refractivity contribution in [2.24, 2.45) is 52.2 Å². The molecule has 0 fully saturated rings. The number of primary amides is 1. The first kappa shape index (κ1) is 120. The van der Waals surface area contributed by atoms with Crippen LogP contribution in [0.1, 0.15) is 193 Å². The number of nitrogens with zero attached hydrogens (tertiary/aromatic N) is 1. The maximum atomic E-state index is 15.2. The highest BCUT2D eigenvalue weighted by molar-refractivity contribution is 7.98. The van der Waals surface area contributed by atoms with Gasteiger partial charge in [-0.2, -0.15) is 11.8 Å². The number of aromatic nitrogens is 2. The van der Waals surface area contributed by atoms with Crippen molar-refractivity contribution >= 4 is 118 Å². The van der Waals surface area contributed by atoms with Crippen LogP contribution in [0.15, 0.2) is 85.3 Å². The van der Waals surface area contributed by atoms with Gasteiger partial charge in [-0.3, -0.25) is 81.5 Å². The van der Waals surface area contributed by atoms with E-state index in [2.05, 4.69) is 89.7 Å². The third-order valence-corrected chi connectivity index (χ3v) is 23.5. The number of amides is 16. The van der Waals surface area contributed by atoms with Crippen LogP contribution in [-0.2, 0) is 112 Å². The number of hydrogen-bond acceptors (Lipinski definition) is 28. The van der Waals surface area contributed by atoms with E-state index in [1.165, 1.54) is 91.9 Å². The summed E-state index contributed by atoms with van der Waals surface area (Å²) in [6.07, 6.45) is 3.73. The van der Waals surface area contributed by atoms with E-state index in [1.54, 1.807) is 59.9 Å². The number of rotatable bonds is 69. The van der Waals surface area contributed by atoms with Crippen molar-refractivity contribution in [1.82, 2.24) is 89.7 Å². The number of phenols is 3. The zero-order valence-corrected chi connectivity index (χ0v) is 82.2. The average molecular weight is 2000 g/mol. The maximum Gasteiger partial charge on any atom is 0.326 e. The zero-order valence-electron chi connectivity index (χ0n) is 81.4. The number of carbonyl (C=O) groups excluding carboxylic acids is 16. The van der Waals surface area contributed by atoms with E-state index in [9.17, 15) is 102 Å².